The lowest BCUT2D eigenvalue weighted by atomic mass is 10.0. The van der Waals surface area contributed by atoms with E-state index in [0.717, 1.165) is 129 Å². The number of carbonyl (C=O) groups excluding carboxylic acids is 4. The first-order chi connectivity index (χ1) is 39.9. The Morgan fingerprint density at radius 3 is 0.893 bits per heavy atom. The first-order valence-electron chi connectivity index (χ1n) is 33.3. The molecule has 0 bridgehead atoms. The molecule has 0 radical (unpaired) electrons. The van der Waals surface area contributed by atoms with E-state index in [4.69, 9.17) is 9.53 Å². The van der Waals surface area contributed by atoms with E-state index in [-0.39, 0.29) is 38.3 Å². The van der Waals surface area contributed by atoms with Crippen LogP contribution >= 0.6 is 0 Å². The Balaban J connectivity index is 0. The molecular weight excluding hydrogens is 1060 g/mol. The van der Waals surface area contributed by atoms with E-state index in [2.05, 4.69) is 115 Å². The predicted octanol–water partition coefficient (Wildman–Crippen LogP) is 20.7. The van der Waals surface area contributed by atoms with Crippen molar-refractivity contribution in [2.24, 2.45) is 0 Å². The second-order valence-electron chi connectivity index (χ2n) is 24.1. The smallest absolute Gasteiger partial charge is 0.305 e. The molecule has 0 fully saturated rings. The van der Waals surface area contributed by atoms with Gasteiger partial charge in [0, 0.05) is 51.6 Å². The Morgan fingerprint density at radius 1 is 0.369 bits per heavy atom. The molecule has 0 heterocycles. The number of benzene rings is 2. The summed E-state index contributed by atoms with van der Waals surface area (Å²) in [6.45, 7) is 7.82. The molecular formula is C74H128O9Si. The maximum absolute atomic E-state index is 12.4. The fourth-order valence-corrected chi connectivity index (χ4v) is 15.5. The lowest BCUT2D eigenvalue weighted by molar-refractivity contribution is -0.141. The fraction of sp³-hybridized carbons (Fsp3) is 0.716. The summed E-state index contributed by atoms with van der Waals surface area (Å²) in [7, 11) is 0.475. The van der Waals surface area contributed by atoms with Crippen LogP contribution in [-0.2, 0) is 37.9 Å². The lowest BCUT2D eigenvalue weighted by Crippen LogP contribution is -2.66. The number of unbranched alkanes of at least 4 members (excludes halogenated alkanes) is 31. The number of esters is 2. The minimum Gasteiger partial charge on any atom is -0.481 e. The second kappa shape index (κ2) is 57.9. The molecule has 1 N–H and O–H groups in total. The molecule has 0 amide bonds. The largest absolute Gasteiger partial charge is 0.481 e. The number of methoxy groups -OCH3 is 2. The molecule has 0 aliphatic rings. The molecule has 0 spiro atoms. The van der Waals surface area contributed by atoms with Crippen molar-refractivity contribution in [3.05, 3.63) is 85.0 Å². The minimum absolute atomic E-state index is 0. The van der Waals surface area contributed by atoms with Gasteiger partial charge in [-0.2, -0.15) is 0 Å². The number of ketones is 2. The van der Waals surface area contributed by atoms with Gasteiger partial charge in [0.05, 0.1) is 14.2 Å². The molecule has 2 rings (SSSR count). The Bertz CT molecular complexity index is 1870. The summed E-state index contributed by atoms with van der Waals surface area (Å²) in [4.78, 5) is 56.8. The Morgan fingerprint density at radius 2 is 0.619 bits per heavy atom. The van der Waals surface area contributed by atoms with Gasteiger partial charge in [-0.15, -0.1) is 0 Å². The number of Topliss-reactive ketones (excluding diaryl/α,β-unsaturated/α-hetero) is 2. The molecule has 9 nitrogen and oxygen atoms in total. The molecule has 10 heteroatoms. The number of aliphatic carboxylic acids is 1. The third-order valence-electron chi connectivity index (χ3n) is 15.9. The topological polar surface area (TPSA) is 133 Å². The number of allylic oxidation sites excluding steroid dienone is 4. The van der Waals surface area contributed by atoms with E-state index in [0.29, 0.717) is 30.8 Å². The van der Waals surface area contributed by atoms with Gasteiger partial charge in [-0.25, -0.2) is 0 Å². The third kappa shape index (κ3) is 46.1. The highest BCUT2D eigenvalue weighted by atomic mass is 28.4. The van der Waals surface area contributed by atoms with Crippen LogP contribution in [-0.4, -0.2) is 63.7 Å². The summed E-state index contributed by atoms with van der Waals surface area (Å²) in [6, 6.07) is 21.8. The fourth-order valence-electron chi connectivity index (χ4n) is 10.9. The quantitative estimate of drug-likeness (QED) is 0.0297. The van der Waals surface area contributed by atoms with Gasteiger partial charge in [0.15, 0.2) is 0 Å². The Kier molecular flexibility index (Phi) is 56.5. The van der Waals surface area contributed by atoms with Crippen LogP contribution in [0.1, 0.15) is 318 Å². The number of carboxylic acid groups (broad SMARTS) is 1. The third-order valence-corrected chi connectivity index (χ3v) is 20.9. The van der Waals surface area contributed by atoms with Crippen LogP contribution in [0.25, 0.3) is 0 Å². The zero-order valence-electron chi connectivity index (χ0n) is 53.1. The van der Waals surface area contributed by atoms with E-state index < -0.39 is 14.3 Å². The van der Waals surface area contributed by atoms with Gasteiger partial charge in [0.2, 0.25) is 0 Å². The molecule has 0 aliphatic carbocycles. The van der Waals surface area contributed by atoms with Crippen LogP contribution < -0.4 is 10.4 Å². The first-order valence-corrected chi connectivity index (χ1v) is 35.2. The number of rotatable bonds is 54. The number of carbonyl (C=O) groups is 5. The number of carboxylic acids is 1. The average Bonchev–Trinajstić information content (AvgIpc) is 1.30. The van der Waals surface area contributed by atoms with Crippen molar-refractivity contribution in [1.29, 1.82) is 0 Å². The molecule has 0 saturated heterocycles. The van der Waals surface area contributed by atoms with Crippen molar-refractivity contribution < 1.29 is 43.0 Å². The number of ether oxygens (including phenoxy) is 2. The summed E-state index contributed by atoms with van der Waals surface area (Å²) >= 11 is 0. The van der Waals surface area contributed by atoms with Crippen LogP contribution in [0, 0.1) is 0 Å². The van der Waals surface area contributed by atoms with Crippen LogP contribution in [0.2, 0.25) is 5.04 Å². The van der Waals surface area contributed by atoms with Crippen molar-refractivity contribution in [2.45, 2.75) is 323 Å². The van der Waals surface area contributed by atoms with Crippen LogP contribution in [0.15, 0.2) is 85.0 Å². The minimum atomic E-state index is -2.43. The van der Waals surface area contributed by atoms with Crippen molar-refractivity contribution in [2.75, 3.05) is 20.8 Å². The maximum Gasteiger partial charge on any atom is 0.305 e. The molecule has 0 aliphatic heterocycles. The highest BCUT2D eigenvalue weighted by Gasteiger charge is 2.50. The van der Waals surface area contributed by atoms with E-state index in [1.54, 1.807) is 0 Å². The summed E-state index contributed by atoms with van der Waals surface area (Å²) in [5.74, 6) is -0.0472. The van der Waals surface area contributed by atoms with E-state index in [1.165, 1.54) is 159 Å². The van der Waals surface area contributed by atoms with Crippen molar-refractivity contribution >= 4 is 48.2 Å². The van der Waals surface area contributed by atoms with E-state index in [9.17, 15) is 24.0 Å². The summed E-state index contributed by atoms with van der Waals surface area (Å²) in [5, 5.41) is 11.3. The zero-order valence-corrected chi connectivity index (χ0v) is 54.1. The Labute approximate surface area is 517 Å². The molecule has 2 aromatic rings. The molecule has 0 atom stereocenters. The number of hydrogen-bond donors (Lipinski definition) is 1. The lowest BCUT2D eigenvalue weighted by Gasteiger charge is -2.43. The molecule has 0 aromatic heterocycles. The molecule has 2 aromatic carbocycles. The van der Waals surface area contributed by atoms with Crippen molar-refractivity contribution in [3.8, 4) is 0 Å². The average molecular weight is 1190 g/mol. The van der Waals surface area contributed by atoms with Gasteiger partial charge >= 0.3 is 17.9 Å². The van der Waals surface area contributed by atoms with Gasteiger partial charge in [0.1, 0.15) is 11.6 Å². The predicted molar refractivity (Wildman–Crippen MR) is 360 cm³/mol. The monoisotopic (exact) mass is 1190 g/mol. The van der Waals surface area contributed by atoms with Gasteiger partial charge in [-0.05, 0) is 118 Å². The van der Waals surface area contributed by atoms with Gasteiger partial charge in [-0.1, -0.05) is 255 Å². The van der Waals surface area contributed by atoms with Gasteiger partial charge in [-0.3, -0.25) is 24.0 Å². The van der Waals surface area contributed by atoms with Crippen molar-refractivity contribution in [1.82, 2.24) is 0 Å². The highest BCUT2D eigenvalue weighted by Crippen LogP contribution is 2.37. The summed E-state index contributed by atoms with van der Waals surface area (Å²) < 4.78 is 16.3. The zero-order chi connectivity index (χ0) is 59.9. The highest BCUT2D eigenvalue weighted by molar-refractivity contribution is 6.99. The summed E-state index contributed by atoms with van der Waals surface area (Å²) in [5.41, 5.74) is 0. The maximum atomic E-state index is 12.4. The standard InChI is InChI=1S/C44H70O4Si.C28H50O5.2CH4/c1-44(2,3)49(41-34-26-22-27-35-41,42-36-28-23-29-37-42)48-39-31-21-17-16-19-25-33-40(45)32-24-18-14-12-10-8-6-5-7-9-11-13-15-20-30-38-43(46)47-4;1-33-28(32)25-21-17-12-10-8-6-4-2-3-5-7-9-11-14-18-22-26(29)23-19-15-13-16-20-24-27(30)31;;/h5,7,22-23,26-29,34-37H,6,8-21,24-25,30-33,38-39H2,1-4H3;2,4H,3,5-25H2,1H3,(H,30,31);2*1H4/b7-5-;4-2-;;. The van der Waals surface area contributed by atoms with Gasteiger partial charge < -0.3 is 19.0 Å². The molecule has 482 valence electrons. The molecule has 0 saturated carbocycles. The molecule has 0 unspecified atom stereocenters. The first kappa shape index (κ1) is 81.9. The number of hydrogen-bond acceptors (Lipinski definition) is 8. The second-order valence-corrected chi connectivity index (χ2v) is 28.5. The Hall–Kier alpha value is -4.15. The SMILES string of the molecule is C.C.COC(=O)CCCCCCC/C=C\CCCCCCCCC(=O)CCCCCCCC(=O)O.COC(=O)CCCCCCC/C=C\CCCCCCCCC(=O)CCCCCCCCO[Si](c1ccccc1)(c1ccccc1)C(C)(C)C. The van der Waals surface area contributed by atoms with Crippen LogP contribution in [0.5, 0.6) is 0 Å². The molecule has 84 heavy (non-hydrogen) atoms. The van der Waals surface area contributed by atoms with E-state index in [1.807, 2.05) is 0 Å². The van der Waals surface area contributed by atoms with Crippen molar-refractivity contribution in [3.63, 3.8) is 0 Å². The van der Waals surface area contributed by atoms with Crippen LogP contribution in [0.4, 0.5) is 0 Å². The normalized spacial score (nSPS) is 11.4. The van der Waals surface area contributed by atoms with E-state index >= 15 is 0 Å². The summed E-state index contributed by atoms with van der Waals surface area (Å²) in [6.07, 6.45) is 56.1. The van der Waals surface area contributed by atoms with Gasteiger partial charge in [0.25, 0.3) is 8.32 Å². The van der Waals surface area contributed by atoms with Crippen LogP contribution in [0.3, 0.4) is 0 Å².